The van der Waals surface area contributed by atoms with Crippen LogP contribution in [0.3, 0.4) is 0 Å². The highest BCUT2D eigenvalue weighted by atomic mass is 32.2. The van der Waals surface area contributed by atoms with Gasteiger partial charge >= 0.3 is 0 Å². The van der Waals surface area contributed by atoms with Crippen LogP contribution in [0, 0.1) is 17.6 Å². The molecule has 2 aliphatic rings. The van der Waals surface area contributed by atoms with Gasteiger partial charge in [-0.1, -0.05) is 30.7 Å². The molecule has 3 nitrogen and oxygen atoms in total. The molecule has 0 aromatic heterocycles. The van der Waals surface area contributed by atoms with E-state index in [1.54, 1.807) is 12.1 Å². The van der Waals surface area contributed by atoms with Gasteiger partial charge in [-0.3, -0.25) is 9.71 Å². The van der Waals surface area contributed by atoms with E-state index in [-0.39, 0.29) is 5.56 Å². The lowest BCUT2D eigenvalue weighted by Crippen LogP contribution is -2.31. The Bertz CT molecular complexity index is 803. The van der Waals surface area contributed by atoms with Crippen molar-refractivity contribution in [2.24, 2.45) is 10.9 Å². The van der Waals surface area contributed by atoms with Crippen LogP contribution in [0.15, 0.2) is 46.3 Å². The van der Waals surface area contributed by atoms with Gasteiger partial charge in [-0.05, 0) is 42.8 Å². The molecule has 1 heterocycles. The van der Waals surface area contributed by atoms with E-state index >= 15 is 0 Å². The maximum absolute atomic E-state index is 14.2. The molecule has 0 bridgehead atoms. The molecule has 1 aliphatic heterocycles. The Labute approximate surface area is 143 Å². The van der Waals surface area contributed by atoms with Gasteiger partial charge in [0.25, 0.3) is 0 Å². The van der Waals surface area contributed by atoms with Gasteiger partial charge in [-0.15, -0.1) is 0 Å². The minimum absolute atomic E-state index is 0.250. The predicted molar refractivity (Wildman–Crippen MR) is 94.1 cm³/mol. The van der Waals surface area contributed by atoms with E-state index in [1.807, 2.05) is 12.1 Å². The lowest BCUT2D eigenvalue weighted by atomic mass is 9.86. The SMILES string of the molecule is Fc1cccc(-c2cccc3c2NC(=NCC2CCC2)NS3)c1F. The molecule has 24 heavy (non-hydrogen) atoms. The third kappa shape index (κ3) is 2.86. The van der Waals surface area contributed by atoms with E-state index < -0.39 is 11.6 Å². The topological polar surface area (TPSA) is 36.4 Å². The number of benzene rings is 2. The third-order valence-corrected chi connectivity index (χ3v) is 5.36. The lowest BCUT2D eigenvalue weighted by Gasteiger charge is -2.26. The van der Waals surface area contributed by atoms with Crippen molar-refractivity contribution in [1.82, 2.24) is 4.72 Å². The zero-order chi connectivity index (χ0) is 16.5. The summed E-state index contributed by atoms with van der Waals surface area (Å²) in [4.78, 5) is 5.51. The minimum Gasteiger partial charge on any atom is -0.324 e. The average Bonchev–Trinajstić information content (AvgIpc) is 2.55. The molecule has 1 saturated carbocycles. The molecule has 0 atom stereocenters. The molecule has 0 saturated heterocycles. The first-order valence-corrected chi connectivity index (χ1v) is 8.86. The number of hydrogen-bond donors (Lipinski definition) is 2. The van der Waals surface area contributed by atoms with Crippen LogP contribution in [0.4, 0.5) is 14.5 Å². The molecule has 2 aromatic rings. The second-order valence-electron chi connectivity index (χ2n) is 6.10. The second-order valence-corrected chi connectivity index (χ2v) is 6.94. The first-order valence-electron chi connectivity index (χ1n) is 8.04. The normalized spacial score (nSPS) is 18.5. The molecule has 1 aliphatic carbocycles. The number of aliphatic imine (C=N–C) groups is 1. The summed E-state index contributed by atoms with van der Waals surface area (Å²) in [5, 5.41) is 3.24. The summed E-state index contributed by atoms with van der Waals surface area (Å²) in [6, 6.07) is 9.80. The number of guanidine groups is 1. The highest BCUT2D eigenvalue weighted by molar-refractivity contribution is 7.98. The summed E-state index contributed by atoms with van der Waals surface area (Å²) >= 11 is 1.43. The van der Waals surface area contributed by atoms with Crippen LogP contribution in [0.1, 0.15) is 19.3 Å². The molecule has 0 spiro atoms. The highest BCUT2D eigenvalue weighted by Crippen LogP contribution is 2.39. The number of nitrogens with one attached hydrogen (secondary N) is 2. The van der Waals surface area contributed by atoms with E-state index in [4.69, 9.17) is 0 Å². The van der Waals surface area contributed by atoms with Crippen molar-refractivity contribution >= 4 is 23.6 Å². The van der Waals surface area contributed by atoms with E-state index in [0.29, 0.717) is 17.4 Å². The minimum atomic E-state index is -0.842. The van der Waals surface area contributed by atoms with Crippen molar-refractivity contribution in [3.63, 3.8) is 0 Å². The average molecular weight is 345 g/mol. The van der Waals surface area contributed by atoms with Crippen LogP contribution in [0.25, 0.3) is 11.1 Å². The van der Waals surface area contributed by atoms with E-state index in [9.17, 15) is 8.78 Å². The summed E-state index contributed by atoms with van der Waals surface area (Å²) < 4.78 is 31.0. The molecule has 4 rings (SSSR count). The molecular weight excluding hydrogens is 328 g/mol. The van der Waals surface area contributed by atoms with Crippen LogP contribution in [0.5, 0.6) is 0 Å². The van der Waals surface area contributed by atoms with Gasteiger partial charge in [0.05, 0.1) is 10.6 Å². The van der Waals surface area contributed by atoms with Crippen molar-refractivity contribution in [2.45, 2.75) is 24.2 Å². The summed E-state index contributed by atoms with van der Waals surface area (Å²) in [6.07, 6.45) is 3.76. The van der Waals surface area contributed by atoms with Gasteiger partial charge in [0.2, 0.25) is 5.96 Å². The Morgan fingerprint density at radius 2 is 1.88 bits per heavy atom. The van der Waals surface area contributed by atoms with Crippen LogP contribution in [0.2, 0.25) is 0 Å². The van der Waals surface area contributed by atoms with Gasteiger partial charge in [0, 0.05) is 17.7 Å². The van der Waals surface area contributed by atoms with Crippen LogP contribution >= 0.6 is 11.9 Å². The Morgan fingerprint density at radius 3 is 2.67 bits per heavy atom. The standard InChI is InChI=1S/C18H17F2N3S/c19-14-8-2-6-12(16(14)20)13-7-3-9-15-17(13)22-18(23-24-15)21-10-11-4-1-5-11/h2-3,6-9,11H,1,4-5,10H2,(H2,21,22,23). The molecule has 0 unspecified atom stereocenters. The van der Waals surface area contributed by atoms with Crippen molar-refractivity contribution < 1.29 is 8.78 Å². The molecular formula is C18H17F2N3S. The number of hydrogen-bond acceptors (Lipinski definition) is 2. The summed E-state index contributed by atoms with van der Waals surface area (Å²) in [6.45, 7) is 0.793. The van der Waals surface area contributed by atoms with Gasteiger partial charge in [0.1, 0.15) is 0 Å². The Balaban J connectivity index is 1.67. The fourth-order valence-electron chi connectivity index (χ4n) is 2.90. The highest BCUT2D eigenvalue weighted by Gasteiger charge is 2.22. The van der Waals surface area contributed by atoms with Crippen molar-refractivity contribution in [3.8, 4) is 11.1 Å². The van der Waals surface area contributed by atoms with Gasteiger partial charge in [-0.25, -0.2) is 8.78 Å². The van der Waals surface area contributed by atoms with Gasteiger partial charge in [0.15, 0.2) is 11.6 Å². The summed E-state index contributed by atoms with van der Waals surface area (Å²) in [7, 11) is 0. The van der Waals surface area contributed by atoms with Crippen molar-refractivity contribution in [3.05, 3.63) is 48.0 Å². The molecule has 2 aromatic carbocycles. The maximum atomic E-state index is 14.2. The molecule has 2 N–H and O–H groups in total. The van der Waals surface area contributed by atoms with Crippen molar-refractivity contribution in [2.75, 3.05) is 11.9 Å². The number of fused-ring (bicyclic) bond motifs is 1. The zero-order valence-corrected chi connectivity index (χ0v) is 13.8. The Morgan fingerprint density at radius 1 is 1.08 bits per heavy atom. The monoisotopic (exact) mass is 345 g/mol. The van der Waals surface area contributed by atoms with Crippen LogP contribution < -0.4 is 10.0 Å². The van der Waals surface area contributed by atoms with Crippen molar-refractivity contribution in [1.29, 1.82) is 0 Å². The largest absolute Gasteiger partial charge is 0.324 e. The van der Waals surface area contributed by atoms with Gasteiger partial charge < -0.3 is 5.32 Å². The summed E-state index contributed by atoms with van der Waals surface area (Å²) in [5.74, 6) is -0.332. The van der Waals surface area contributed by atoms with Gasteiger partial charge in [-0.2, -0.15) is 0 Å². The molecule has 124 valence electrons. The Hall–Kier alpha value is -2.08. The second kappa shape index (κ2) is 6.43. The smallest absolute Gasteiger partial charge is 0.206 e. The molecule has 1 fully saturated rings. The fraction of sp³-hybridized carbons (Fsp3) is 0.278. The van der Waals surface area contributed by atoms with E-state index in [2.05, 4.69) is 15.0 Å². The lowest BCUT2D eigenvalue weighted by molar-refractivity contribution is 0.326. The van der Waals surface area contributed by atoms with Crippen LogP contribution in [-0.2, 0) is 0 Å². The molecule has 0 radical (unpaired) electrons. The van der Waals surface area contributed by atoms with Crippen LogP contribution in [-0.4, -0.2) is 12.5 Å². The number of para-hydroxylation sites is 1. The zero-order valence-electron chi connectivity index (χ0n) is 13.0. The Kier molecular flexibility index (Phi) is 4.14. The first kappa shape index (κ1) is 15.4. The number of rotatable bonds is 3. The van der Waals surface area contributed by atoms with E-state index in [1.165, 1.54) is 37.3 Å². The maximum Gasteiger partial charge on any atom is 0.206 e. The number of anilines is 1. The molecule has 0 amide bonds. The number of halogens is 2. The first-order chi connectivity index (χ1) is 11.7. The van der Waals surface area contributed by atoms with E-state index in [0.717, 1.165) is 23.2 Å². The fourth-order valence-corrected chi connectivity index (χ4v) is 3.63. The number of nitrogens with zero attached hydrogens (tertiary/aromatic N) is 1. The summed E-state index contributed by atoms with van der Waals surface area (Å²) in [5.41, 5.74) is 1.65. The quantitative estimate of drug-likeness (QED) is 0.784. The molecule has 6 heteroatoms. The third-order valence-electron chi connectivity index (χ3n) is 4.50. The predicted octanol–water partition coefficient (Wildman–Crippen LogP) is 4.81.